The van der Waals surface area contributed by atoms with Gasteiger partial charge in [-0.2, -0.15) is 0 Å². The van der Waals surface area contributed by atoms with E-state index in [-0.39, 0.29) is 0 Å². The Bertz CT molecular complexity index is 447. The van der Waals surface area contributed by atoms with E-state index in [2.05, 4.69) is 11.2 Å². The van der Waals surface area contributed by atoms with Gasteiger partial charge in [-0.15, -0.1) is 12.3 Å². The van der Waals surface area contributed by atoms with E-state index in [1.165, 1.54) is 12.8 Å². The maximum atomic E-state index is 5.80. The van der Waals surface area contributed by atoms with Crippen molar-refractivity contribution in [2.45, 2.75) is 38.3 Å². The summed E-state index contributed by atoms with van der Waals surface area (Å²) in [6.45, 7) is 1.49. The number of hydrogen-bond donors (Lipinski definition) is 1. The minimum Gasteiger partial charge on any atom is -0.497 e. The Hall–Kier alpha value is -1.66. The lowest BCUT2D eigenvalue weighted by molar-refractivity contribution is 0.308. The van der Waals surface area contributed by atoms with Crippen LogP contribution in [0.15, 0.2) is 18.2 Å². The molecule has 0 radical (unpaired) electrons. The van der Waals surface area contributed by atoms with Gasteiger partial charge in [0.2, 0.25) is 0 Å². The summed E-state index contributed by atoms with van der Waals surface area (Å²) in [5, 5.41) is 3.50. The van der Waals surface area contributed by atoms with Crippen LogP contribution in [0.1, 0.15) is 31.2 Å². The summed E-state index contributed by atoms with van der Waals surface area (Å²) in [4.78, 5) is 0. The van der Waals surface area contributed by atoms with Crippen molar-refractivity contribution in [2.24, 2.45) is 0 Å². The van der Waals surface area contributed by atoms with Gasteiger partial charge in [0.1, 0.15) is 11.5 Å². The second-order valence-corrected chi connectivity index (χ2v) is 4.78. The highest BCUT2D eigenvalue weighted by Gasteiger charge is 2.20. The summed E-state index contributed by atoms with van der Waals surface area (Å²) in [6.07, 6.45) is 9.43. The van der Waals surface area contributed by atoms with Crippen molar-refractivity contribution in [3.8, 4) is 23.8 Å². The molecule has 0 amide bonds. The Morgan fingerprint density at radius 3 is 2.95 bits per heavy atom. The van der Waals surface area contributed by atoms with Crippen LogP contribution >= 0.6 is 0 Å². The number of rotatable bonds is 8. The van der Waals surface area contributed by atoms with Crippen molar-refractivity contribution < 1.29 is 9.47 Å². The van der Waals surface area contributed by atoms with E-state index in [1.54, 1.807) is 7.11 Å². The lowest BCUT2D eigenvalue weighted by atomic mass is 10.2. The number of terminal acetylenes is 1. The third-order valence-electron chi connectivity index (χ3n) is 3.15. The molecule has 102 valence electrons. The molecule has 0 spiro atoms. The van der Waals surface area contributed by atoms with Gasteiger partial charge in [0, 0.05) is 24.6 Å². The molecule has 0 aliphatic heterocycles. The fourth-order valence-corrected chi connectivity index (χ4v) is 1.86. The molecule has 1 aromatic rings. The van der Waals surface area contributed by atoms with Crippen molar-refractivity contribution in [2.75, 3.05) is 13.7 Å². The van der Waals surface area contributed by atoms with Crippen LogP contribution in [0.4, 0.5) is 0 Å². The van der Waals surface area contributed by atoms with Gasteiger partial charge in [0.15, 0.2) is 0 Å². The fraction of sp³-hybridized carbons (Fsp3) is 0.500. The third-order valence-corrected chi connectivity index (χ3v) is 3.15. The van der Waals surface area contributed by atoms with Gasteiger partial charge in [-0.1, -0.05) is 0 Å². The van der Waals surface area contributed by atoms with Crippen molar-refractivity contribution >= 4 is 0 Å². The Morgan fingerprint density at radius 2 is 2.26 bits per heavy atom. The largest absolute Gasteiger partial charge is 0.497 e. The van der Waals surface area contributed by atoms with Crippen molar-refractivity contribution in [1.29, 1.82) is 0 Å². The van der Waals surface area contributed by atoms with E-state index >= 15 is 0 Å². The molecule has 1 aliphatic rings. The van der Waals surface area contributed by atoms with Gasteiger partial charge in [-0.05, 0) is 37.5 Å². The quantitative estimate of drug-likeness (QED) is 0.575. The highest BCUT2D eigenvalue weighted by atomic mass is 16.5. The molecule has 3 heteroatoms. The van der Waals surface area contributed by atoms with Crippen LogP contribution in [0.25, 0.3) is 0 Å². The van der Waals surface area contributed by atoms with Crippen LogP contribution < -0.4 is 14.8 Å². The molecule has 0 heterocycles. The number of methoxy groups -OCH3 is 1. The summed E-state index contributed by atoms with van der Waals surface area (Å²) >= 11 is 0. The first kappa shape index (κ1) is 13.8. The molecule has 1 saturated carbocycles. The van der Waals surface area contributed by atoms with E-state index in [0.717, 1.165) is 36.4 Å². The zero-order valence-corrected chi connectivity index (χ0v) is 11.4. The van der Waals surface area contributed by atoms with Crippen LogP contribution in [0.2, 0.25) is 0 Å². The third kappa shape index (κ3) is 4.50. The lowest BCUT2D eigenvalue weighted by Crippen LogP contribution is -2.16. The highest BCUT2D eigenvalue weighted by molar-refractivity contribution is 5.40. The average molecular weight is 259 g/mol. The number of ether oxygens (including phenoxy) is 2. The first-order valence-corrected chi connectivity index (χ1v) is 6.80. The zero-order chi connectivity index (χ0) is 13.5. The summed E-state index contributed by atoms with van der Waals surface area (Å²) in [5.74, 6) is 4.41. The predicted molar refractivity (Wildman–Crippen MR) is 76.4 cm³/mol. The second kappa shape index (κ2) is 7.06. The molecule has 0 aromatic heterocycles. The monoisotopic (exact) mass is 259 g/mol. The first-order chi connectivity index (χ1) is 9.33. The van der Waals surface area contributed by atoms with Gasteiger partial charge >= 0.3 is 0 Å². The molecule has 19 heavy (non-hydrogen) atoms. The summed E-state index contributed by atoms with van der Waals surface area (Å²) in [7, 11) is 1.68. The maximum absolute atomic E-state index is 5.80. The summed E-state index contributed by atoms with van der Waals surface area (Å²) in [5.41, 5.74) is 1.15. The van der Waals surface area contributed by atoms with Gasteiger partial charge in [-0.25, -0.2) is 0 Å². The molecule has 2 rings (SSSR count). The molecule has 1 aromatic carbocycles. The number of unbranched alkanes of at least 4 members (excludes halogenated alkanes) is 1. The van der Waals surface area contributed by atoms with Gasteiger partial charge < -0.3 is 14.8 Å². The van der Waals surface area contributed by atoms with Crippen LogP contribution in [0.5, 0.6) is 11.5 Å². The van der Waals surface area contributed by atoms with Crippen LogP contribution in [0.3, 0.4) is 0 Å². The van der Waals surface area contributed by atoms with Gasteiger partial charge in [0.25, 0.3) is 0 Å². The Balaban J connectivity index is 1.95. The molecule has 0 atom stereocenters. The zero-order valence-electron chi connectivity index (χ0n) is 11.4. The maximum Gasteiger partial charge on any atom is 0.124 e. The number of hydrogen-bond acceptors (Lipinski definition) is 3. The molecule has 1 aliphatic carbocycles. The van der Waals surface area contributed by atoms with Crippen molar-refractivity contribution in [1.82, 2.24) is 5.32 Å². The number of nitrogens with one attached hydrogen (secondary N) is 1. The number of benzene rings is 1. The normalized spacial score (nSPS) is 13.9. The molecular weight excluding hydrogens is 238 g/mol. The van der Waals surface area contributed by atoms with E-state index in [1.807, 2.05) is 18.2 Å². The smallest absolute Gasteiger partial charge is 0.124 e. The highest BCUT2D eigenvalue weighted by Crippen LogP contribution is 2.26. The van der Waals surface area contributed by atoms with E-state index in [9.17, 15) is 0 Å². The topological polar surface area (TPSA) is 30.5 Å². The standard InChI is InChI=1S/C16H21NO2/c1-3-4-5-10-19-16-9-8-15(18-2)11-13(16)12-17-14-6-7-14/h1,8-9,11,14,17H,4-7,10,12H2,2H3. The van der Waals surface area contributed by atoms with Crippen LogP contribution in [0, 0.1) is 12.3 Å². The second-order valence-electron chi connectivity index (χ2n) is 4.78. The van der Waals surface area contributed by atoms with E-state index in [0.29, 0.717) is 12.6 Å². The van der Waals surface area contributed by atoms with E-state index < -0.39 is 0 Å². The summed E-state index contributed by atoms with van der Waals surface area (Å²) < 4.78 is 11.1. The average Bonchev–Trinajstić information content (AvgIpc) is 3.26. The molecule has 0 unspecified atom stereocenters. The minimum atomic E-state index is 0.660. The summed E-state index contributed by atoms with van der Waals surface area (Å²) in [6, 6.07) is 6.61. The Morgan fingerprint density at radius 1 is 1.42 bits per heavy atom. The van der Waals surface area contributed by atoms with Gasteiger partial charge in [-0.3, -0.25) is 0 Å². The molecule has 1 fully saturated rings. The van der Waals surface area contributed by atoms with E-state index in [4.69, 9.17) is 15.9 Å². The molecular formula is C16H21NO2. The Kier molecular flexibility index (Phi) is 5.11. The first-order valence-electron chi connectivity index (χ1n) is 6.80. The van der Waals surface area contributed by atoms with Crippen LogP contribution in [-0.4, -0.2) is 19.8 Å². The SMILES string of the molecule is C#CCCCOc1ccc(OC)cc1CNC1CC1. The molecule has 0 bridgehead atoms. The van der Waals surface area contributed by atoms with Crippen LogP contribution in [-0.2, 0) is 6.54 Å². The minimum absolute atomic E-state index is 0.660. The van der Waals surface area contributed by atoms with Crippen molar-refractivity contribution in [3.63, 3.8) is 0 Å². The molecule has 1 N–H and O–H groups in total. The van der Waals surface area contributed by atoms with Crippen molar-refractivity contribution in [3.05, 3.63) is 23.8 Å². The fourth-order valence-electron chi connectivity index (χ4n) is 1.86. The molecule has 0 saturated heterocycles. The lowest BCUT2D eigenvalue weighted by Gasteiger charge is -2.13. The molecule has 3 nitrogen and oxygen atoms in total. The predicted octanol–water partition coefficient (Wildman–Crippen LogP) is 2.74. The van der Waals surface area contributed by atoms with Gasteiger partial charge in [0.05, 0.1) is 13.7 Å². The Labute approximate surface area is 115 Å².